The van der Waals surface area contributed by atoms with Gasteiger partial charge in [0, 0.05) is 33.1 Å². The quantitative estimate of drug-likeness (QED) is 0.0931. The molecule has 2 nitrogen and oxygen atoms in total. The van der Waals surface area contributed by atoms with Crippen molar-refractivity contribution in [2.45, 2.75) is 63.9 Å². The lowest BCUT2D eigenvalue weighted by Gasteiger charge is -2.25. The van der Waals surface area contributed by atoms with Gasteiger partial charge < -0.3 is 4.74 Å². The van der Waals surface area contributed by atoms with E-state index in [2.05, 4.69) is 0 Å². The first-order valence-corrected chi connectivity index (χ1v) is 14.0. The number of rotatable bonds is 9. The first-order valence-electron chi connectivity index (χ1n) is 11.4. The second-order valence-corrected chi connectivity index (χ2v) is 11.7. The van der Waals surface area contributed by atoms with Crippen molar-refractivity contribution in [3.63, 3.8) is 0 Å². The monoisotopic (exact) mass is 515 g/mol. The third kappa shape index (κ3) is 8.36. The average Bonchev–Trinajstić information content (AvgIpc) is 2.86. The fraction of sp³-hybridized carbons (Fsp3) is 0.296. The van der Waals surface area contributed by atoms with Gasteiger partial charge in [0.05, 0.1) is 4.58 Å². The van der Waals surface area contributed by atoms with Gasteiger partial charge in [0.15, 0.2) is 5.90 Å². The highest BCUT2D eigenvalue weighted by Crippen LogP contribution is 2.39. The van der Waals surface area contributed by atoms with Gasteiger partial charge in [-0.1, -0.05) is 24.6 Å². The second kappa shape index (κ2) is 13.2. The number of benzene rings is 3. The van der Waals surface area contributed by atoms with E-state index in [9.17, 15) is 8.78 Å². The van der Waals surface area contributed by atoms with E-state index in [4.69, 9.17) is 9.13 Å². The first-order chi connectivity index (χ1) is 16.6. The smallest absolute Gasteiger partial charge is 0.197 e. The third-order valence-corrected chi connectivity index (χ3v) is 8.66. The standard InChI is InChI=1S/C27H27F2NOS3/c28-20-11-15-23(16-12-20)32-27(33-24-17-13-21(29)14-18-24)19-26(31-22-7-3-1-4-8-22)30-34-25-9-5-2-6-10-25/h2,5-6,9-18,22,27H,1,3-4,7-8,19H2. The van der Waals surface area contributed by atoms with Gasteiger partial charge in [0.2, 0.25) is 0 Å². The van der Waals surface area contributed by atoms with Gasteiger partial charge in [-0.25, -0.2) is 8.78 Å². The summed E-state index contributed by atoms with van der Waals surface area (Å²) in [6.07, 6.45) is 6.51. The summed E-state index contributed by atoms with van der Waals surface area (Å²) >= 11 is 4.70. The molecule has 0 heterocycles. The molecule has 0 saturated heterocycles. The van der Waals surface area contributed by atoms with Crippen molar-refractivity contribution in [2.75, 3.05) is 0 Å². The van der Waals surface area contributed by atoms with Gasteiger partial charge in [-0.15, -0.1) is 23.5 Å². The summed E-state index contributed by atoms with van der Waals surface area (Å²) < 4.78 is 38.2. The maximum atomic E-state index is 13.4. The minimum Gasteiger partial charge on any atom is -0.477 e. The molecule has 0 radical (unpaired) electrons. The average molecular weight is 516 g/mol. The van der Waals surface area contributed by atoms with Gasteiger partial charge in [-0.3, -0.25) is 0 Å². The Morgan fingerprint density at radius 3 is 1.88 bits per heavy atom. The highest BCUT2D eigenvalue weighted by Gasteiger charge is 2.22. The van der Waals surface area contributed by atoms with Gasteiger partial charge in [-0.05, 0) is 86.3 Å². The summed E-state index contributed by atoms with van der Waals surface area (Å²) in [4.78, 5) is 2.99. The minimum absolute atomic E-state index is 0.0228. The molecule has 1 aliphatic carbocycles. The summed E-state index contributed by atoms with van der Waals surface area (Å²) in [6, 6.07) is 23.1. The molecule has 1 fully saturated rings. The molecule has 4 rings (SSSR count). The zero-order valence-corrected chi connectivity index (χ0v) is 21.2. The van der Waals surface area contributed by atoms with Crippen LogP contribution in [-0.4, -0.2) is 16.6 Å². The number of ether oxygens (including phenoxy) is 1. The van der Waals surface area contributed by atoms with Crippen LogP contribution in [0.1, 0.15) is 38.5 Å². The molecule has 34 heavy (non-hydrogen) atoms. The van der Waals surface area contributed by atoms with E-state index >= 15 is 0 Å². The zero-order valence-electron chi connectivity index (χ0n) is 18.7. The fourth-order valence-corrected chi connectivity index (χ4v) is 6.76. The van der Waals surface area contributed by atoms with Gasteiger partial charge in [-0.2, -0.15) is 4.40 Å². The maximum Gasteiger partial charge on any atom is 0.197 e. The summed E-state index contributed by atoms with van der Waals surface area (Å²) in [6.45, 7) is 0. The Kier molecular flexibility index (Phi) is 9.77. The lowest BCUT2D eigenvalue weighted by atomic mass is 9.98. The Labute approximate surface area is 213 Å². The molecule has 0 bridgehead atoms. The SMILES string of the molecule is Fc1ccc(SC(CC(=NSc2ccccc2)OC2CCCCC2)Sc2ccc(F)cc2)cc1. The largest absolute Gasteiger partial charge is 0.477 e. The zero-order chi connectivity index (χ0) is 23.6. The van der Waals surface area contributed by atoms with Crippen LogP contribution in [0.15, 0.2) is 97.9 Å². The third-order valence-electron chi connectivity index (χ3n) is 5.35. The number of thioether (sulfide) groups is 2. The van der Waals surface area contributed by atoms with E-state index in [-0.39, 0.29) is 22.3 Å². The second-order valence-electron chi connectivity index (χ2n) is 8.04. The normalized spacial score (nSPS) is 15.0. The van der Waals surface area contributed by atoms with Crippen molar-refractivity contribution in [1.82, 2.24) is 0 Å². The van der Waals surface area contributed by atoms with Crippen LogP contribution in [0.25, 0.3) is 0 Å². The predicted octanol–water partition coefficient (Wildman–Crippen LogP) is 9.02. The van der Waals surface area contributed by atoms with Gasteiger partial charge in [0.25, 0.3) is 0 Å². The number of hydrogen-bond acceptors (Lipinski definition) is 5. The molecule has 0 N–H and O–H groups in total. The number of halogens is 2. The summed E-state index contributed by atoms with van der Waals surface area (Å²) in [5.41, 5.74) is 0. The fourth-order valence-electron chi connectivity index (χ4n) is 3.65. The molecule has 0 atom stereocenters. The maximum absolute atomic E-state index is 13.4. The highest BCUT2D eigenvalue weighted by atomic mass is 32.2. The van der Waals surface area contributed by atoms with Crippen molar-refractivity contribution in [1.29, 1.82) is 0 Å². The van der Waals surface area contributed by atoms with Crippen LogP contribution in [-0.2, 0) is 4.74 Å². The number of nitrogens with zero attached hydrogens (tertiary/aromatic N) is 1. The van der Waals surface area contributed by atoms with Crippen molar-refractivity contribution < 1.29 is 13.5 Å². The number of hydrogen-bond donors (Lipinski definition) is 0. The summed E-state index contributed by atoms with van der Waals surface area (Å²) in [5.74, 6) is 0.207. The molecule has 1 aliphatic rings. The van der Waals surface area contributed by atoms with Crippen LogP contribution >= 0.6 is 35.5 Å². The molecule has 0 aromatic heterocycles. The van der Waals surface area contributed by atoms with Gasteiger partial charge >= 0.3 is 0 Å². The molecule has 3 aromatic carbocycles. The molecule has 0 spiro atoms. The van der Waals surface area contributed by atoms with Crippen molar-refractivity contribution in [3.8, 4) is 0 Å². The van der Waals surface area contributed by atoms with Gasteiger partial charge in [0.1, 0.15) is 17.7 Å². The topological polar surface area (TPSA) is 21.6 Å². The van der Waals surface area contributed by atoms with Crippen LogP contribution in [0.5, 0.6) is 0 Å². The molecular weight excluding hydrogens is 489 g/mol. The first kappa shape index (κ1) is 25.1. The molecule has 3 aromatic rings. The molecule has 7 heteroatoms. The van der Waals surface area contributed by atoms with Crippen LogP contribution in [0.4, 0.5) is 8.78 Å². The van der Waals surface area contributed by atoms with Crippen LogP contribution in [0.3, 0.4) is 0 Å². The Morgan fingerprint density at radius 1 is 0.765 bits per heavy atom. The lowest BCUT2D eigenvalue weighted by Crippen LogP contribution is -2.22. The van der Waals surface area contributed by atoms with Crippen molar-refractivity contribution in [3.05, 3.63) is 90.5 Å². The lowest BCUT2D eigenvalue weighted by molar-refractivity contribution is 0.139. The molecule has 178 valence electrons. The van der Waals surface area contributed by atoms with Crippen LogP contribution in [0, 0.1) is 11.6 Å². The summed E-state index contributed by atoms with van der Waals surface area (Å²) in [5, 5.41) is 0. The van der Waals surface area contributed by atoms with Crippen LogP contribution in [0.2, 0.25) is 0 Å². The van der Waals surface area contributed by atoms with E-state index < -0.39 is 0 Å². The Morgan fingerprint density at radius 2 is 1.32 bits per heavy atom. The van der Waals surface area contributed by atoms with E-state index in [1.807, 2.05) is 30.3 Å². The van der Waals surface area contributed by atoms with E-state index in [0.717, 1.165) is 33.4 Å². The molecule has 0 amide bonds. The molecule has 1 saturated carbocycles. The van der Waals surface area contributed by atoms with E-state index in [0.29, 0.717) is 6.42 Å². The van der Waals surface area contributed by atoms with Crippen LogP contribution < -0.4 is 0 Å². The highest BCUT2D eigenvalue weighted by molar-refractivity contribution is 8.17. The molecule has 0 unspecified atom stereocenters. The Bertz CT molecular complexity index is 992. The Hall–Kier alpha value is -1.96. The minimum atomic E-state index is -0.255. The molecular formula is C27H27F2NOS3. The Balaban J connectivity index is 1.54. The van der Waals surface area contributed by atoms with Crippen molar-refractivity contribution >= 4 is 41.4 Å². The predicted molar refractivity (Wildman–Crippen MR) is 141 cm³/mol. The molecule has 0 aliphatic heterocycles. The van der Waals surface area contributed by atoms with E-state index in [1.54, 1.807) is 47.8 Å². The summed E-state index contributed by atoms with van der Waals surface area (Å²) in [7, 11) is 0. The van der Waals surface area contributed by atoms with E-state index in [1.165, 1.54) is 55.5 Å². The van der Waals surface area contributed by atoms with Crippen molar-refractivity contribution in [2.24, 2.45) is 4.40 Å².